The van der Waals surface area contributed by atoms with Crippen molar-refractivity contribution in [1.82, 2.24) is 24.5 Å². The lowest BCUT2D eigenvalue weighted by Gasteiger charge is -2.39. The Labute approximate surface area is 359 Å². The van der Waals surface area contributed by atoms with Crippen molar-refractivity contribution in [1.29, 1.82) is 0 Å². The maximum atomic E-state index is 14.3. The largest absolute Gasteiger partial charge is 0.455 e. The number of aromatic nitrogens is 2. The third-order valence-electron chi connectivity index (χ3n) is 13.1. The molecule has 3 fully saturated rings. The van der Waals surface area contributed by atoms with Gasteiger partial charge in [-0.2, -0.15) is 0 Å². The lowest BCUT2D eigenvalue weighted by Crippen LogP contribution is -2.47. The molecule has 3 unspecified atom stereocenters. The fraction of sp³-hybridized carbons (Fsp3) is 0.511. The van der Waals surface area contributed by atoms with Crippen LogP contribution in [0.5, 0.6) is 11.5 Å². The predicted molar refractivity (Wildman–Crippen MR) is 235 cm³/mol. The van der Waals surface area contributed by atoms with Crippen molar-refractivity contribution in [3.05, 3.63) is 87.7 Å². The van der Waals surface area contributed by atoms with Crippen molar-refractivity contribution in [2.75, 3.05) is 76.2 Å². The van der Waals surface area contributed by atoms with E-state index in [0.717, 1.165) is 88.1 Å². The van der Waals surface area contributed by atoms with Crippen LogP contribution in [0.25, 0.3) is 11.0 Å². The van der Waals surface area contributed by atoms with Gasteiger partial charge in [0.05, 0.1) is 29.4 Å². The number of H-pyrrole nitrogens is 1. The molecule has 0 spiro atoms. The van der Waals surface area contributed by atoms with E-state index in [1.54, 1.807) is 30.6 Å². The van der Waals surface area contributed by atoms with E-state index in [4.69, 9.17) is 9.47 Å². The minimum absolute atomic E-state index is 0.00932. The Hall–Kier alpha value is -4.77. The molecule has 16 heteroatoms. The maximum absolute atomic E-state index is 14.3. The minimum atomic E-state index is -2.29. The van der Waals surface area contributed by atoms with Crippen molar-refractivity contribution in [2.45, 2.75) is 70.3 Å². The first kappa shape index (κ1) is 42.9. The number of rotatable bonds is 15. The minimum Gasteiger partial charge on any atom is -0.455 e. The first-order chi connectivity index (χ1) is 29.3. The van der Waals surface area contributed by atoms with Crippen LogP contribution >= 0.6 is 11.9 Å². The van der Waals surface area contributed by atoms with Crippen LogP contribution in [0, 0.1) is 26.9 Å². The summed E-state index contributed by atoms with van der Waals surface area (Å²) in [4.78, 5) is 40.4. The zero-order chi connectivity index (χ0) is 42.9. The van der Waals surface area contributed by atoms with Crippen molar-refractivity contribution >= 4 is 46.0 Å². The summed E-state index contributed by atoms with van der Waals surface area (Å²) in [6, 6.07) is 14.1. The van der Waals surface area contributed by atoms with Crippen LogP contribution in [-0.4, -0.2) is 109 Å². The second kappa shape index (κ2) is 17.9. The fourth-order valence-corrected chi connectivity index (χ4v) is 9.90. The first-order valence-corrected chi connectivity index (χ1v) is 22.1. The van der Waals surface area contributed by atoms with Crippen LogP contribution in [0.1, 0.15) is 63.2 Å². The summed E-state index contributed by atoms with van der Waals surface area (Å²) in [5.74, 6) is 0.377. The number of halogens is 2. The van der Waals surface area contributed by atoms with Gasteiger partial charge in [-0.25, -0.2) is 13.8 Å². The Balaban J connectivity index is 0.958. The zero-order valence-corrected chi connectivity index (χ0v) is 36.2. The summed E-state index contributed by atoms with van der Waals surface area (Å²) in [6.45, 7) is 13.0. The second-order valence-corrected chi connectivity index (χ2v) is 18.7. The van der Waals surface area contributed by atoms with E-state index in [1.807, 2.05) is 38.2 Å². The van der Waals surface area contributed by atoms with E-state index < -0.39 is 22.7 Å². The molecule has 2 aromatic heterocycles. The van der Waals surface area contributed by atoms with Gasteiger partial charge in [-0.3, -0.25) is 24.5 Å². The number of nitrogens with one attached hydrogen (secondary N) is 3. The highest BCUT2D eigenvalue weighted by Crippen LogP contribution is 2.65. The Morgan fingerprint density at radius 1 is 1.13 bits per heavy atom. The summed E-state index contributed by atoms with van der Waals surface area (Å²) in [5.41, 5.74) is 4.12. The third-order valence-corrected chi connectivity index (χ3v) is 13.9. The lowest BCUT2D eigenvalue weighted by molar-refractivity contribution is -0.384. The average Bonchev–Trinajstić information content (AvgIpc) is 3.83. The number of ether oxygens (including phenoxy) is 2. The van der Waals surface area contributed by atoms with Gasteiger partial charge in [0.15, 0.2) is 0 Å². The maximum Gasteiger partial charge on any atom is 0.293 e. The standard InChI is InChI=1S/C45H56F2N8O5S/c1-5-45(43(46)47)24-37(45)36-23-44(2,3)12-10-30(36)27-53-14-16-54(17-15-53)31-6-8-35(40(21-31)60-32-20-29-11-13-48-41(29)50-25-32)42(56)51-61-34-7-9-38(39(22-34)55(57)58)49-26-33-28-52(4)18-19-59-33/h6-9,11,13,20-22,25,33,37,43,49H,5,10,12,14-19,23-24,26-28H2,1-4H3,(H,48,50)(H,51,56). The first-order valence-electron chi connectivity index (χ1n) is 21.3. The molecule has 3 N–H and O–H groups in total. The molecule has 2 aliphatic heterocycles. The number of nitro groups is 1. The Morgan fingerprint density at radius 3 is 2.69 bits per heavy atom. The number of likely N-dealkylation sites (N-methyl/N-ethyl adjacent to an activating group) is 1. The van der Waals surface area contributed by atoms with Gasteiger partial charge >= 0.3 is 0 Å². The number of nitrogens with zero attached hydrogens (tertiary/aromatic N) is 5. The number of nitro benzene ring substituents is 1. The molecule has 61 heavy (non-hydrogen) atoms. The smallest absolute Gasteiger partial charge is 0.293 e. The number of alkyl halides is 2. The van der Waals surface area contributed by atoms with E-state index in [2.05, 4.69) is 48.6 Å². The summed E-state index contributed by atoms with van der Waals surface area (Å²) in [7, 11) is 2.02. The molecule has 0 bridgehead atoms. The van der Waals surface area contributed by atoms with Crippen molar-refractivity contribution in [3.63, 3.8) is 0 Å². The zero-order valence-electron chi connectivity index (χ0n) is 35.3. The number of morpholine rings is 1. The lowest BCUT2D eigenvalue weighted by atomic mass is 9.72. The van der Waals surface area contributed by atoms with E-state index in [-0.39, 0.29) is 23.1 Å². The summed E-state index contributed by atoms with van der Waals surface area (Å²) < 4.78 is 43.6. The number of fused-ring (bicyclic) bond motifs is 1. The number of carbonyl (C=O) groups excluding carboxylic acids is 1. The number of hydrogen-bond acceptors (Lipinski definition) is 11. The summed E-state index contributed by atoms with van der Waals surface area (Å²) in [5, 5.41) is 16.1. The number of amides is 1. The molecule has 13 nitrogen and oxygen atoms in total. The number of carbonyl (C=O) groups is 1. The van der Waals surface area contributed by atoms with Crippen LogP contribution in [0.2, 0.25) is 0 Å². The molecule has 3 atom stereocenters. The SMILES string of the molecule is CCC1(C(F)F)CC1C1=C(CN2CCN(c3ccc(C(=O)NSc4ccc(NCC5CN(C)CCO5)c([N+](=O)[O-])c4)c(Oc4cnc5[nH]ccc5c4)c3)CC2)CCC(C)(C)C1. The van der Waals surface area contributed by atoms with Gasteiger partial charge < -0.3 is 29.6 Å². The van der Waals surface area contributed by atoms with Gasteiger partial charge in [0.2, 0.25) is 6.43 Å². The number of benzene rings is 2. The number of aromatic amines is 1. The molecule has 1 amide bonds. The molecular formula is C45H56F2N8O5S. The predicted octanol–water partition coefficient (Wildman–Crippen LogP) is 8.75. The molecule has 4 aliphatic rings. The molecule has 1 saturated carbocycles. The van der Waals surface area contributed by atoms with Gasteiger partial charge in [0.1, 0.15) is 22.8 Å². The van der Waals surface area contributed by atoms with Crippen molar-refractivity contribution in [3.8, 4) is 11.5 Å². The van der Waals surface area contributed by atoms with Crippen molar-refractivity contribution < 1.29 is 28.0 Å². The van der Waals surface area contributed by atoms with E-state index in [0.29, 0.717) is 59.3 Å². The van der Waals surface area contributed by atoms with Crippen LogP contribution in [-0.2, 0) is 4.74 Å². The number of piperazine rings is 1. The Morgan fingerprint density at radius 2 is 1.95 bits per heavy atom. The van der Waals surface area contributed by atoms with Crippen LogP contribution in [0.3, 0.4) is 0 Å². The van der Waals surface area contributed by atoms with Gasteiger partial charge in [-0.05, 0) is 98.8 Å². The highest BCUT2D eigenvalue weighted by Gasteiger charge is 2.61. The van der Waals surface area contributed by atoms with E-state index >= 15 is 0 Å². The second-order valence-electron chi connectivity index (χ2n) is 17.9. The molecule has 4 aromatic rings. The van der Waals surface area contributed by atoms with Gasteiger partial charge in [-0.1, -0.05) is 31.9 Å². The van der Waals surface area contributed by atoms with Crippen LogP contribution in [0.4, 0.5) is 25.8 Å². The molecule has 0 radical (unpaired) electrons. The number of anilines is 2. The van der Waals surface area contributed by atoms with Gasteiger partial charge in [0, 0.05) is 92.1 Å². The Kier molecular flexibility index (Phi) is 12.6. The van der Waals surface area contributed by atoms with Gasteiger partial charge in [-0.15, -0.1) is 0 Å². The quantitative estimate of drug-likeness (QED) is 0.0458. The molecular weight excluding hydrogens is 803 g/mol. The topological polar surface area (TPSA) is 141 Å². The molecule has 2 aromatic carbocycles. The summed E-state index contributed by atoms with van der Waals surface area (Å²) in [6.07, 6.45) is 5.07. The monoisotopic (exact) mass is 858 g/mol. The van der Waals surface area contributed by atoms with Gasteiger partial charge in [0.25, 0.3) is 11.6 Å². The average molecular weight is 859 g/mol. The molecule has 2 aliphatic carbocycles. The highest BCUT2D eigenvalue weighted by molar-refractivity contribution is 7.98. The molecule has 326 valence electrons. The molecule has 8 rings (SSSR count). The van der Waals surface area contributed by atoms with Crippen LogP contribution in [0.15, 0.2) is 77.0 Å². The number of pyridine rings is 1. The van der Waals surface area contributed by atoms with Crippen LogP contribution < -0.4 is 19.7 Å². The molecule has 4 heterocycles. The number of allylic oxidation sites excluding steroid dienone is 1. The van der Waals surface area contributed by atoms with E-state index in [1.165, 1.54) is 17.2 Å². The fourth-order valence-electron chi connectivity index (χ4n) is 9.27. The van der Waals surface area contributed by atoms with Crippen molar-refractivity contribution in [2.24, 2.45) is 16.7 Å². The highest BCUT2D eigenvalue weighted by atomic mass is 32.2. The Bertz CT molecular complexity index is 2280. The normalized spacial score (nSPS) is 23.4. The molecule has 2 saturated heterocycles. The van der Waals surface area contributed by atoms with E-state index in [9.17, 15) is 23.7 Å². The third kappa shape index (κ3) is 9.67. The number of hydrogen-bond donors (Lipinski definition) is 3. The summed E-state index contributed by atoms with van der Waals surface area (Å²) >= 11 is 0.991.